The van der Waals surface area contributed by atoms with E-state index < -0.39 is 0 Å². The van der Waals surface area contributed by atoms with Crippen LogP contribution in [0.1, 0.15) is 21.5 Å². The van der Waals surface area contributed by atoms with Gasteiger partial charge in [-0.15, -0.1) is 0 Å². The number of aromatic nitrogens is 2. The van der Waals surface area contributed by atoms with Crippen LogP contribution in [0.25, 0.3) is 10.9 Å². The number of benzene rings is 2. The molecule has 1 amide bonds. The van der Waals surface area contributed by atoms with E-state index in [1.165, 1.54) is 0 Å². The largest absolute Gasteiger partial charge is 0.492 e. The molecule has 0 aliphatic rings. The summed E-state index contributed by atoms with van der Waals surface area (Å²) in [6.45, 7) is 4.76. The maximum absolute atomic E-state index is 12.5. The minimum absolute atomic E-state index is 0.162. The first kappa shape index (κ1) is 16.0. The van der Waals surface area contributed by atoms with Gasteiger partial charge in [0.1, 0.15) is 12.4 Å². The van der Waals surface area contributed by atoms with Crippen molar-refractivity contribution in [2.45, 2.75) is 13.8 Å². The third-order valence-electron chi connectivity index (χ3n) is 3.79. The molecule has 0 aliphatic carbocycles. The number of rotatable bonds is 5. The van der Waals surface area contributed by atoms with E-state index in [2.05, 4.69) is 15.5 Å². The smallest absolute Gasteiger partial charge is 0.255 e. The SMILES string of the molecule is Cc1cc(C(=O)Nc2ccc3cn[nH]c3c2)cc(C)c1OCCN. The van der Waals surface area contributed by atoms with E-state index >= 15 is 0 Å². The summed E-state index contributed by atoms with van der Waals surface area (Å²) in [6.07, 6.45) is 1.74. The monoisotopic (exact) mass is 324 g/mol. The molecule has 6 heteroatoms. The predicted molar refractivity (Wildman–Crippen MR) is 94.5 cm³/mol. The maximum Gasteiger partial charge on any atom is 0.255 e. The van der Waals surface area contributed by atoms with E-state index in [-0.39, 0.29) is 5.91 Å². The van der Waals surface area contributed by atoms with Crippen molar-refractivity contribution in [3.8, 4) is 5.75 Å². The molecule has 4 N–H and O–H groups in total. The van der Waals surface area contributed by atoms with Crippen molar-refractivity contribution in [1.29, 1.82) is 0 Å². The summed E-state index contributed by atoms with van der Waals surface area (Å²) in [5.41, 5.74) is 9.50. The van der Waals surface area contributed by atoms with E-state index in [4.69, 9.17) is 10.5 Å². The first-order valence-corrected chi connectivity index (χ1v) is 7.77. The van der Waals surface area contributed by atoms with Crippen molar-refractivity contribution < 1.29 is 9.53 Å². The van der Waals surface area contributed by atoms with Gasteiger partial charge < -0.3 is 15.8 Å². The van der Waals surface area contributed by atoms with Crippen molar-refractivity contribution in [2.24, 2.45) is 5.73 Å². The van der Waals surface area contributed by atoms with Crippen LogP contribution in [0.2, 0.25) is 0 Å². The van der Waals surface area contributed by atoms with Gasteiger partial charge in [0.25, 0.3) is 5.91 Å². The molecule has 6 nitrogen and oxygen atoms in total. The van der Waals surface area contributed by atoms with Crippen LogP contribution in [0.15, 0.2) is 36.5 Å². The zero-order valence-electron chi connectivity index (χ0n) is 13.7. The highest BCUT2D eigenvalue weighted by molar-refractivity contribution is 6.05. The predicted octanol–water partition coefficient (Wildman–Crippen LogP) is 2.77. The van der Waals surface area contributed by atoms with Crippen LogP contribution in [0.3, 0.4) is 0 Å². The number of ether oxygens (including phenoxy) is 1. The Kier molecular flexibility index (Phi) is 4.48. The second kappa shape index (κ2) is 6.72. The van der Waals surface area contributed by atoms with E-state index in [1.807, 2.05) is 44.2 Å². The summed E-state index contributed by atoms with van der Waals surface area (Å²) in [5.74, 6) is 0.626. The van der Waals surface area contributed by atoms with Gasteiger partial charge in [-0.2, -0.15) is 5.10 Å². The molecule has 1 aromatic heterocycles. The van der Waals surface area contributed by atoms with Gasteiger partial charge in [0.15, 0.2) is 0 Å². The number of nitrogens with one attached hydrogen (secondary N) is 2. The number of hydrogen-bond donors (Lipinski definition) is 3. The molecule has 3 rings (SSSR count). The van der Waals surface area contributed by atoms with Crippen LogP contribution < -0.4 is 15.8 Å². The molecule has 0 aliphatic heterocycles. The second-order valence-corrected chi connectivity index (χ2v) is 5.70. The average Bonchev–Trinajstić information content (AvgIpc) is 3.01. The highest BCUT2D eigenvalue weighted by Gasteiger charge is 2.12. The van der Waals surface area contributed by atoms with Gasteiger partial charge in [0.05, 0.1) is 11.7 Å². The highest BCUT2D eigenvalue weighted by atomic mass is 16.5. The molecule has 1 heterocycles. The number of carbonyl (C=O) groups is 1. The molecular formula is C18H20N4O2. The van der Waals surface area contributed by atoms with Crippen molar-refractivity contribution in [2.75, 3.05) is 18.5 Å². The number of carbonyl (C=O) groups excluding carboxylic acids is 1. The van der Waals surface area contributed by atoms with Crippen LogP contribution >= 0.6 is 0 Å². The van der Waals surface area contributed by atoms with Crippen molar-refractivity contribution in [3.63, 3.8) is 0 Å². The topological polar surface area (TPSA) is 93.0 Å². The molecule has 0 fully saturated rings. The fourth-order valence-electron chi connectivity index (χ4n) is 2.69. The van der Waals surface area contributed by atoms with Crippen LogP contribution in [-0.2, 0) is 0 Å². The molecule has 0 saturated heterocycles. The summed E-state index contributed by atoms with van der Waals surface area (Å²) in [7, 11) is 0. The lowest BCUT2D eigenvalue weighted by Crippen LogP contribution is -2.14. The third kappa shape index (κ3) is 3.23. The summed E-state index contributed by atoms with van der Waals surface area (Å²) in [5, 5.41) is 10.8. The number of H-pyrrole nitrogens is 1. The first-order valence-electron chi connectivity index (χ1n) is 7.77. The maximum atomic E-state index is 12.5. The Bertz CT molecular complexity index is 863. The standard InChI is InChI=1S/C18H20N4O2/c1-11-7-14(8-12(2)17(11)24-6-5-19)18(23)21-15-4-3-13-10-20-22-16(13)9-15/h3-4,7-10H,5-6,19H2,1-2H3,(H,20,22)(H,21,23). The number of nitrogens with two attached hydrogens (primary N) is 1. The lowest BCUT2D eigenvalue weighted by molar-refractivity contribution is 0.102. The molecule has 24 heavy (non-hydrogen) atoms. The normalized spacial score (nSPS) is 10.8. The number of hydrogen-bond acceptors (Lipinski definition) is 4. The third-order valence-corrected chi connectivity index (χ3v) is 3.79. The second-order valence-electron chi connectivity index (χ2n) is 5.70. The molecule has 0 atom stereocenters. The Labute approximate surface area is 140 Å². The molecule has 0 saturated carbocycles. The number of fused-ring (bicyclic) bond motifs is 1. The fraction of sp³-hybridized carbons (Fsp3) is 0.222. The van der Waals surface area contributed by atoms with E-state index in [9.17, 15) is 4.79 Å². The summed E-state index contributed by atoms with van der Waals surface area (Å²) < 4.78 is 5.64. The van der Waals surface area contributed by atoms with E-state index in [0.717, 1.165) is 33.5 Å². The van der Waals surface area contributed by atoms with Gasteiger partial charge in [-0.1, -0.05) is 0 Å². The molecular weight excluding hydrogens is 304 g/mol. The van der Waals surface area contributed by atoms with Gasteiger partial charge in [-0.05, 0) is 55.3 Å². The van der Waals surface area contributed by atoms with Crippen LogP contribution in [-0.4, -0.2) is 29.3 Å². The van der Waals surface area contributed by atoms with E-state index in [0.29, 0.717) is 18.7 Å². The molecule has 2 aromatic carbocycles. The molecule has 0 bridgehead atoms. The first-order chi connectivity index (χ1) is 11.6. The molecule has 3 aromatic rings. The van der Waals surface area contributed by atoms with Gasteiger partial charge in [0, 0.05) is 23.2 Å². The number of nitrogens with zero attached hydrogens (tertiary/aromatic N) is 1. The quantitative estimate of drug-likeness (QED) is 0.673. The molecule has 0 spiro atoms. The lowest BCUT2D eigenvalue weighted by atomic mass is 10.0. The highest BCUT2D eigenvalue weighted by Crippen LogP contribution is 2.25. The molecule has 124 valence electrons. The minimum Gasteiger partial charge on any atom is -0.492 e. The van der Waals surface area contributed by atoms with Gasteiger partial charge >= 0.3 is 0 Å². The summed E-state index contributed by atoms with van der Waals surface area (Å²) in [6, 6.07) is 9.27. The zero-order valence-corrected chi connectivity index (χ0v) is 13.7. The molecule has 0 radical (unpaired) electrons. The lowest BCUT2D eigenvalue weighted by Gasteiger charge is -2.13. The Morgan fingerprint density at radius 3 is 2.71 bits per heavy atom. The van der Waals surface area contributed by atoms with Crippen LogP contribution in [0, 0.1) is 13.8 Å². The van der Waals surface area contributed by atoms with Crippen molar-refractivity contribution >= 4 is 22.5 Å². The Hall–Kier alpha value is -2.86. The summed E-state index contributed by atoms with van der Waals surface area (Å²) in [4.78, 5) is 12.5. The number of anilines is 1. The van der Waals surface area contributed by atoms with Crippen molar-refractivity contribution in [3.05, 3.63) is 53.2 Å². The summed E-state index contributed by atoms with van der Waals surface area (Å²) >= 11 is 0. The van der Waals surface area contributed by atoms with Crippen LogP contribution in [0.4, 0.5) is 5.69 Å². The average molecular weight is 324 g/mol. The zero-order chi connectivity index (χ0) is 17.1. The fourth-order valence-corrected chi connectivity index (χ4v) is 2.69. The van der Waals surface area contributed by atoms with Gasteiger partial charge in [-0.25, -0.2) is 0 Å². The number of aryl methyl sites for hydroxylation is 2. The number of amides is 1. The Balaban J connectivity index is 1.81. The number of aromatic amines is 1. The molecule has 0 unspecified atom stereocenters. The van der Waals surface area contributed by atoms with Gasteiger partial charge in [0.2, 0.25) is 0 Å². The van der Waals surface area contributed by atoms with Crippen molar-refractivity contribution in [1.82, 2.24) is 10.2 Å². The Morgan fingerprint density at radius 2 is 2.00 bits per heavy atom. The van der Waals surface area contributed by atoms with Gasteiger partial charge in [-0.3, -0.25) is 9.89 Å². The minimum atomic E-state index is -0.162. The van der Waals surface area contributed by atoms with Crippen LogP contribution in [0.5, 0.6) is 5.75 Å². The Morgan fingerprint density at radius 1 is 1.25 bits per heavy atom. The van der Waals surface area contributed by atoms with E-state index in [1.54, 1.807) is 6.20 Å².